The van der Waals surface area contributed by atoms with Gasteiger partial charge in [0.2, 0.25) is 0 Å². The van der Waals surface area contributed by atoms with Gasteiger partial charge < -0.3 is 0 Å². The van der Waals surface area contributed by atoms with Crippen molar-refractivity contribution in [3.8, 4) is 0 Å². The minimum absolute atomic E-state index is 0.644. The van der Waals surface area contributed by atoms with E-state index in [2.05, 4.69) is 10.7 Å². The van der Waals surface area contributed by atoms with Crippen LogP contribution in [0.4, 0.5) is 13.2 Å². The Kier molecular flexibility index (Phi) is 2.20. The fourth-order valence-electron chi connectivity index (χ4n) is 0.653. The second-order valence-corrected chi connectivity index (χ2v) is 2.34. The zero-order chi connectivity index (χ0) is 9.19. The fraction of sp³-hybridized carbons (Fsp3) is 0.250. The Balaban J connectivity index is 3.04. The molecule has 1 aliphatic heterocycles. The molecule has 0 fully saturated rings. The van der Waals surface area contributed by atoms with Gasteiger partial charge in [-0.15, -0.1) is 5.73 Å². The number of nitrogens with zero attached hydrogens (tertiary/aromatic N) is 1. The SMILES string of the molecule is CC1=CN=C(C(F)(F)F)C=C=C1. The van der Waals surface area contributed by atoms with Gasteiger partial charge in [0.15, 0.2) is 5.71 Å². The first-order chi connectivity index (χ1) is 5.50. The third kappa shape index (κ3) is 2.10. The summed E-state index contributed by atoms with van der Waals surface area (Å²) in [4.78, 5) is 3.26. The summed E-state index contributed by atoms with van der Waals surface area (Å²) in [7, 11) is 0. The van der Waals surface area contributed by atoms with Gasteiger partial charge in [0.25, 0.3) is 0 Å². The smallest absolute Gasteiger partial charge is 0.251 e. The number of aliphatic imine (C=N–C) groups is 1. The molecule has 0 bridgehead atoms. The van der Waals surface area contributed by atoms with Crippen molar-refractivity contribution in [2.45, 2.75) is 13.1 Å². The first-order valence-corrected chi connectivity index (χ1v) is 3.24. The van der Waals surface area contributed by atoms with E-state index < -0.39 is 11.9 Å². The van der Waals surface area contributed by atoms with E-state index in [0.717, 1.165) is 6.08 Å². The minimum Gasteiger partial charge on any atom is -0.251 e. The van der Waals surface area contributed by atoms with E-state index in [1.807, 2.05) is 0 Å². The molecule has 0 aromatic carbocycles. The standard InChI is InChI=1S/C8H6F3N/c1-6-3-2-4-7(12-5-6)8(9,10)11/h3-5H,1H3. The van der Waals surface area contributed by atoms with Crippen molar-refractivity contribution in [2.75, 3.05) is 0 Å². The van der Waals surface area contributed by atoms with Crippen molar-refractivity contribution in [1.82, 2.24) is 0 Å². The average Bonchev–Trinajstić information content (AvgIpc) is 2.11. The van der Waals surface area contributed by atoms with Crippen LogP contribution >= 0.6 is 0 Å². The molecule has 0 unspecified atom stereocenters. The van der Waals surface area contributed by atoms with E-state index in [1.165, 1.54) is 12.3 Å². The molecule has 0 aliphatic carbocycles. The lowest BCUT2D eigenvalue weighted by Crippen LogP contribution is -2.19. The summed E-state index contributed by atoms with van der Waals surface area (Å²) in [6, 6.07) is 0. The highest BCUT2D eigenvalue weighted by Gasteiger charge is 2.33. The van der Waals surface area contributed by atoms with Crippen LogP contribution in [-0.2, 0) is 0 Å². The summed E-state index contributed by atoms with van der Waals surface area (Å²) in [5.41, 5.74) is 2.11. The number of hydrogen-bond acceptors (Lipinski definition) is 1. The number of hydrogen-bond donors (Lipinski definition) is 0. The van der Waals surface area contributed by atoms with Crippen molar-refractivity contribution >= 4 is 5.71 Å². The van der Waals surface area contributed by atoms with Gasteiger partial charge in [0, 0.05) is 12.3 Å². The molecule has 0 amide bonds. The maximum Gasteiger partial charge on any atom is 0.433 e. The third-order valence-electron chi connectivity index (χ3n) is 1.23. The number of allylic oxidation sites excluding steroid dienone is 2. The number of alkyl halides is 3. The Morgan fingerprint density at radius 3 is 2.58 bits per heavy atom. The van der Waals surface area contributed by atoms with Crippen LogP contribution in [0, 0.1) is 0 Å². The van der Waals surface area contributed by atoms with Crippen molar-refractivity contribution in [1.29, 1.82) is 0 Å². The summed E-state index contributed by atoms with van der Waals surface area (Å²) >= 11 is 0. The molecule has 1 heterocycles. The maximum absolute atomic E-state index is 12.0. The van der Waals surface area contributed by atoms with Crippen LogP contribution in [0.5, 0.6) is 0 Å². The molecule has 64 valence electrons. The van der Waals surface area contributed by atoms with Crippen LogP contribution in [0.2, 0.25) is 0 Å². The van der Waals surface area contributed by atoms with Gasteiger partial charge in [-0.05, 0) is 18.6 Å². The molecule has 0 aromatic rings. The lowest BCUT2D eigenvalue weighted by molar-refractivity contribution is -0.0576. The molecule has 1 aliphatic rings. The normalized spacial score (nSPS) is 17.0. The van der Waals surface area contributed by atoms with Crippen LogP contribution in [0.25, 0.3) is 0 Å². The van der Waals surface area contributed by atoms with E-state index in [-0.39, 0.29) is 0 Å². The van der Waals surface area contributed by atoms with Crippen LogP contribution in [0.3, 0.4) is 0 Å². The van der Waals surface area contributed by atoms with Gasteiger partial charge in [-0.2, -0.15) is 13.2 Å². The molecule has 0 N–H and O–H groups in total. The predicted octanol–water partition coefficient (Wildman–Crippen LogP) is 2.62. The van der Waals surface area contributed by atoms with Crippen molar-refractivity contribution in [3.63, 3.8) is 0 Å². The molecule has 0 aromatic heterocycles. The highest BCUT2D eigenvalue weighted by Crippen LogP contribution is 2.19. The first-order valence-electron chi connectivity index (χ1n) is 3.24. The molecule has 1 rings (SSSR count). The molecule has 1 nitrogen and oxygen atoms in total. The van der Waals surface area contributed by atoms with Gasteiger partial charge >= 0.3 is 6.18 Å². The highest BCUT2D eigenvalue weighted by molar-refractivity contribution is 5.99. The topological polar surface area (TPSA) is 12.4 Å². The third-order valence-corrected chi connectivity index (χ3v) is 1.23. The Morgan fingerprint density at radius 1 is 1.33 bits per heavy atom. The van der Waals surface area contributed by atoms with Crippen LogP contribution < -0.4 is 0 Å². The molecular weight excluding hydrogens is 167 g/mol. The van der Waals surface area contributed by atoms with Crippen LogP contribution in [0.15, 0.2) is 34.6 Å². The molecule has 12 heavy (non-hydrogen) atoms. The van der Waals surface area contributed by atoms with Crippen molar-refractivity contribution in [3.05, 3.63) is 29.7 Å². The summed E-state index contributed by atoms with van der Waals surface area (Å²) in [5, 5.41) is 0. The summed E-state index contributed by atoms with van der Waals surface area (Å²) in [6.07, 6.45) is -0.948. The van der Waals surface area contributed by atoms with Crippen LogP contribution in [0.1, 0.15) is 6.92 Å². The lowest BCUT2D eigenvalue weighted by Gasteiger charge is -2.02. The molecular formula is C8H6F3N. The molecule has 0 atom stereocenters. The Bertz CT molecular complexity index is 301. The fourth-order valence-corrected chi connectivity index (χ4v) is 0.653. The van der Waals surface area contributed by atoms with Gasteiger partial charge in [-0.3, -0.25) is 4.99 Å². The van der Waals surface area contributed by atoms with Crippen molar-refractivity contribution in [2.24, 2.45) is 4.99 Å². The van der Waals surface area contributed by atoms with Crippen LogP contribution in [-0.4, -0.2) is 11.9 Å². The highest BCUT2D eigenvalue weighted by atomic mass is 19.4. The first kappa shape index (κ1) is 8.81. The maximum atomic E-state index is 12.0. The van der Waals surface area contributed by atoms with Gasteiger partial charge in [-0.25, -0.2) is 0 Å². The van der Waals surface area contributed by atoms with Gasteiger partial charge in [-0.1, -0.05) is 0 Å². The molecule has 0 radical (unpaired) electrons. The summed E-state index contributed by atoms with van der Waals surface area (Å²) in [6.45, 7) is 1.66. The molecule has 0 spiro atoms. The van der Waals surface area contributed by atoms with Gasteiger partial charge in [0.1, 0.15) is 0 Å². The Hall–Kier alpha value is -1.28. The van der Waals surface area contributed by atoms with Gasteiger partial charge in [0.05, 0.1) is 0 Å². The van der Waals surface area contributed by atoms with E-state index >= 15 is 0 Å². The molecule has 4 heteroatoms. The summed E-state index contributed by atoms with van der Waals surface area (Å²) in [5.74, 6) is 0. The number of halogens is 3. The van der Waals surface area contributed by atoms with Crippen molar-refractivity contribution < 1.29 is 13.2 Å². The zero-order valence-electron chi connectivity index (χ0n) is 6.31. The second kappa shape index (κ2) is 2.99. The lowest BCUT2D eigenvalue weighted by atomic mass is 10.3. The van der Waals surface area contributed by atoms with E-state index in [9.17, 15) is 13.2 Å². The number of rotatable bonds is 0. The summed E-state index contributed by atoms with van der Waals surface area (Å²) < 4.78 is 36.0. The van der Waals surface area contributed by atoms with E-state index in [0.29, 0.717) is 5.57 Å². The zero-order valence-corrected chi connectivity index (χ0v) is 6.31. The van der Waals surface area contributed by atoms with E-state index in [1.54, 1.807) is 6.92 Å². The molecule has 0 saturated carbocycles. The Labute approximate surface area is 67.6 Å². The van der Waals surface area contributed by atoms with E-state index in [4.69, 9.17) is 0 Å². The monoisotopic (exact) mass is 173 g/mol. The minimum atomic E-state index is -4.39. The predicted molar refractivity (Wildman–Crippen MR) is 39.9 cm³/mol. The second-order valence-electron chi connectivity index (χ2n) is 2.34. The Morgan fingerprint density at radius 2 is 2.00 bits per heavy atom. The quantitative estimate of drug-likeness (QED) is 0.499. The largest absolute Gasteiger partial charge is 0.433 e. The average molecular weight is 173 g/mol. The molecule has 0 saturated heterocycles.